The van der Waals surface area contributed by atoms with Crippen LogP contribution >= 0.6 is 0 Å². The molecule has 2 N–H and O–H groups in total. The van der Waals surface area contributed by atoms with E-state index in [4.69, 9.17) is 4.74 Å². The number of benzene rings is 1. The van der Waals surface area contributed by atoms with Gasteiger partial charge in [0, 0.05) is 25.3 Å². The summed E-state index contributed by atoms with van der Waals surface area (Å²) in [5.74, 6) is -1.38. The lowest BCUT2D eigenvalue weighted by Gasteiger charge is -2.26. The zero-order valence-corrected chi connectivity index (χ0v) is 13.0. The van der Waals surface area contributed by atoms with E-state index < -0.39 is 23.6 Å². The first-order valence-corrected chi connectivity index (χ1v) is 7.58. The van der Waals surface area contributed by atoms with Crippen molar-refractivity contribution in [3.63, 3.8) is 0 Å². The topological polar surface area (TPSA) is 53.6 Å². The Balaban J connectivity index is 1.76. The van der Waals surface area contributed by atoms with Gasteiger partial charge in [0.2, 0.25) is 0 Å². The maximum absolute atomic E-state index is 13.2. The number of carbonyl (C=O) groups excluding carboxylic acids is 1. The van der Waals surface area contributed by atoms with Crippen LogP contribution in [0.3, 0.4) is 0 Å². The zero-order chi connectivity index (χ0) is 17.6. The number of carbonyl (C=O) groups is 1. The highest BCUT2D eigenvalue weighted by atomic mass is 19.4. The number of hydrogen-bond donors (Lipinski definition) is 2. The van der Waals surface area contributed by atoms with Crippen molar-refractivity contribution in [2.75, 3.05) is 44.7 Å². The Morgan fingerprint density at radius 1 is 1.25 bits per heavy atom. The van der Waals surface area contributed by atoms with E-state index in [0.717, 1.165) is 25.7 Å². The van der Waals surface area contributed by atoms with Gasteiger partial charge in [-0.3, -0.25) is 4.90 Å². The van der Waals surface area contributed by atoms with Crippen molar-refractivity contribution in [3.05, 3.63) is 29.6 Å². The maximum atomic E-state index is 13.2. The van der Waals surface area contributed by atoms with E-state index >= 15 is 0 Å². The highest BCUT2D eigenvalue weighted by Gasteiger charge is 2.34. The predicted octanol–water partition coefficient (Wildman–Crippen LogP) is 2.69. The fourth-order valence-corrected chi connectivity index (χ4v) is 2.32. The highest BCUT2D eigenvalue weighted by molar-refractivity contribution is 5.89. The van der Waals surface area contributed by atoms with Gasteiger partial charge >= 0.3 is 12.2 Å². The minimum Gasteiger partial charge on any atom is -0.379 e. The molecule has 1 saturated heterocycles. The van der Waals surface area contributed by atoms with Crippen molar-refractivity contribution in [3.8, 4) is 0 Å². The summed E-state index contributed by atoms with van der Waals surface area (Å²) in [5, 5.41) is 4.83. The van der Waals surface area contributed by atoms with Crippen LogP contribution in [0.2, 0.25) is 0 Å². The average Bonchev–Trinajstić information content (AvgIpc) is 2.53. The van der Waals surface area contributed by atoms with E-state index in [-0.39, 0.29) is 5.69 Å². The SMILES string of the molecule is O=C(NCCCN1CCOCC1)Nc1ccc(F)c(C(F)(F)F)c1. The van der Waals surface area contributed by atoms with Crippen molar-refractivity contribution >= 4 is 11.7 Å². The van der Waals surface area contributed by atoms with Crippen LogP contribution in [-0.4, -0.2) is 50.3 Å². The molecule has 2 rings (SSSR count). The number of hydrogen-bond acceptors (Lipinski definition) is 3. The van der Waals surface area contributed by atoms with Gasteiger partial charge in [-0.15, -0.1) is 0 Å². The van der Waals surface area contributed by atoms with Crippen LogP contribution in [0.1, 0.15) is 12.0 Å². The Kier molecular flexibility index (Phi) is 6.38. The molecular formula is C15H19F4N3O2. The molecule has 9 heteroatoms. The molecule has 24 heavy (non-hydrogen) atoms. The molecule has 134 valence electrons. The third-order valence-corrected chi connectivity index (χ3v) is 3.57. The van der Waals surface area contributed by atoms with Crippen LogP contribution in [0.4, 0.5) is 28.0 Å². The van der Waals surface area contributed by atoms with Crippen LogP contribution in [0, 0.1) is 5.82 Å². The number of rotatable bonds is 5. The molecule has 0 bridgehead atoms. The van der Waals surface area contributed by atoms with Gasteiger partial charge in [-0.05, 0) is 31.2 Å². The number of nitrogens with one attached hydrogen (secondary N) is 2. The molecule has 1 aromatic rings. The van der Waals surface area contributed by atoms with Crippen LogP contribution < -0.4 is 10.6 Å². The molecule has 1 aliphatic heterocycles. The largest absolute Gasteiger partial charge is 0.419 e. The Morgan fingerprint density at radius 3 is 2.62 bits per heavy atom. The van der Waals surface area contributed by atoms with E-state index in [2.05, 4.69) is 15.5 Å². The molecule has 0 spiro atoms. The minimum absolute atomic E-state index is 0.116. The van der Waals surface area contributed by atoms with E-state index in [1.165, 1.54) is 0 Å². The molecule has 0 atom stereocenters. The average molecular weight is 349 g/mol. The standard InChI is InChI=1S/C15H19F4N3O2/c16-13-3-2-11(10-12(13)15(17,18)19)21-14(23)20-4-1-5-22-6-8-24-9-7-22/h2-3,10H,1,4-9H2,(H2,20,21,23). The van der Waals surface area contributed by atoms with Gasteiger partial charge in [-0.1, -0.05) is 0 Å². The summed E-state index contributed by atoms with van der Waals surface area (Å²) >= 11 is 0. The number of halogens is 4. The third kappa shape index (κ3) is 5.64. The van der Waals surface area contributed by atoms with Gasteiger partial charge in [0.1, 0.15) is 5.82 Å². The number of nitrogens with zero attached hydrogens (tertiary/aromatic N) is 1. The van der Waals surface area contributed by atoms with Crippen LogP contribution in [0.25, 0.3) is 0 Å². The first-order valence-electron chi connectivity index (χ1n) is 7.58. The first-order chi connectivity index (χ1) is 11.4. The molecule has 1 fully saturated rings. The van der Waals surface area contributed by atoms with Crippen LogP contribution in [-0.2, 0) is 10.9 Å². The van der Waals surface area contributed by atoms with E-state index in [9.17, 15) is 22.4 Å². The molecule has 0 unspecified atom stereocenters. The second-order valence-electron chi connectivity index (χ2n) is 5.38. The van der Waals surface area contributed by atoms with E-state index in [1.54, 1.807) is 0 Å². The molecule has 0 aliphatic carbocycles. The molecule has 0 aromatic heterocycles. The van der Waals surface area contributed by atoms with Crippen molar-refractivity contribution in [1.29, 1.82) is 0 Å². The zero-order valence-electron chi connectivity index (χ0n) is 13.0. The molecule has 5 nitrogen and oxygen atoms in total. The van der Waals surface area contributed by atoms with Gasteiger partial charge < -0.3 is 15.4 Å². The monoisotopic (exact) mass is 349 g/mol. The lowest BCUT2D eigenvalue weighted by Crippen LogP contribution is -2.38. The molecule has 0 radical (unpaired) electrons. The van der Waals surface area contributed by atoms with Crippen LogP contribution in [0.5, 0.6) is 0 Å². The lowest BCUT2D eigenvalue weighted by atomic mass is 10.2. The number of morpholine rings is 1. The summed E-state index contributed by atoms with van der Waals surface area (Å²) < 4.78 is 56.2. The van der Waals surface area contributed by atoms with Crippen molar-refractivity contribution in [1.82, 2.24) is 10.2 Å². The number of anilines is 1. The second-order valence-corrected chi connectivity index (χ2v) is 5.38. The molecule has 1 aliphatic rings. The summed E-state index contributed by atoms with van der Waals surface area (Å²) in [5.41, 5.74) is -1.53. The smallest absolute Gasteiger partial charge is 0.379 e. The number of urea groups is 1. The normalized spacial score (nSPS) is 16.0. The first kappa shape index (κ1) is 18.5. The Morgan fingerprint density at radius 2 is 1.96 bits per heavy atom. The summed E-state index contributed by atoms with van der Waals surface area (Å²) in [6.45, 7) is 4.28. The summed E-state index contributed by atoms with van der Waals surface area (Å²) in [7, 11) is 0. The quantitative estimate of drug-likeness (QED) is 0.635. The molecule has 0 saturated carbocycles. The number of amides is 2. The van der Waals surface area contributed by atoms with Crippen molar-refractivity contribution in [2.24, 2.45) is 0 Å². The van der Waals surface area contributed by atoms with Crippen molar-refractivity contribution in [2.45, 2.75) is 12.6 Å². The third-order valence-electron chi connectivity index (χ3n) is 3.57. The molecule has 2 amide bonds. The maximum Gasteiger partial charge on any atom is 0.419 e. The summed E-state index contributed by atoms with van der Waals surface area (Å²) in [4.78, 5) is 13.9. The van der Waals surface area contributed by atoms with E-state index in [0.29, 0.717) is 38.3 Å². The van der Waals surface area contributed by atoms with Crippen LogP contribution in [0.15, 0.2) is 18.2 Å². The molecular weight excluding hydrogens is 330 g/mol. The fraction of sp³-hybridized carbons (Fsp3) is 0.533. The highest BCUT2D eigenvalue weighted by Crippen LogP contribution is 2.32. The van der Waals surface area contributed by atoms with Gasteiger partial charge in [-0.2, -0.15) is 13.2 Å². The van der Waals surface area contributed by atoms with Gasteiger partial charge in [0.05, 0.1) is 18.8 Å². The van der Waals surface area contributed by atoms with Gasteiger partial charge in [-0.25, -0.2) is 9.18 Å². The summed E-state index contributed by atoms with van der Waals surface area (Å²) in [6.07, 6.45) is -4.10. The minimum atomic E-state index is -4.81. The Hall–Kier alpha value is -1.87. The summed E-state index contributed by atoms with van der Waals surface area (Å²) in [6, 6.07) is 1.70. The molecule has 1 aromatic carbocycles. The lowest BCUT2D eigenvalue weighted by molar-refractivity contribution is -0.139. The second kappa shape index (κ2) is 8.29. The number of alkyl halides is 3. The molecule has 1 heterocycles. The van der Waals surface area contributed by atoms with Gasteiger partial charge in [0.15, 0.2) is 0 Å². The Labute approximate surface area is 137 Å². The van der Waals surface area contributed by atoms with E-state index in [1.807, 2.05) is 0 Å². The Bertz CT molecular complexity index is 560. The number of ether oxygens (including phenoxy) is 1. The predicted molar refractivity (Wildman–Crippen MR) is 80.3 cm³/mol. The van der Waals surface area contributed by atoms with Gasteiger partial charge in [0.25, 0.3) is 0 Å². The van der Waals surface area contributed by atoms with Crippen molar-refractivity contribution < 1.29 is 27.1 Å². The fourth-order valence-electron chi connectivity index (χ4n) is 2.32.